The highest BCUT2D eigenvalue weighted by Gasteiger charge is 2.29. The van der Waals surface area contributed by atoms with E-state index in [-0.39, 0.29) is 23.1 Å². The number of aromatic nitrogens is 4. The number of methoxy groups -OCH3 is 2. The van der Waals surface area contributed by atoms with Crippen molar-refractivity contribution in [2.45, 2.75) is 44.4 Å². The van der Waals surface area contributed by atoms with Crippen LogP contribution in [0.5, 0.6) is 11.5 Å². The van der Waals surface area contributed by atoms with Gasteiger partial charge in [0.05, 0.1) is 25.0 Å². The minimum absolute atomic E-state index is 0.116. The third-order valence-electron chi connectivity index (χ3n) is 6.25. The summed E-state index contributed by atoms with van der Waals surface area (Å²) in [4.78, 5) is 40.0. The summed E-state index contributed by atoms with van der Waals surface area (Å²) >= 11 is 0. The zero-order valence-corrected chi connectivity index (χ0v) is 24.0. The van der Waals surface area contributed by atoms with Crippen LogP contribution >= 0.6 is 0 Å². The van der Waals surface area contributed by atoms with E-state index in [4.69, 9.17) is 9.47 Å². The number of amides is 1. The monoisotopic (exact) mass is 565 g/mol. The Morgan fingerprint density at radius 1 is 1.07 bits per heavy atom. The Kier molecular flexibility index (Phi) is 8.19. The van der Waals surface area contributed by atoms with Crippen molar-refractivity contribution in [3.8, 4) is 22.6 Å². The fourth-order valence-corrected chi connectivity index (χ4v) is 4.78. The van der Waals surface area contributed by atoms with Gasteiger partial charge in [-0.15, -0.1) is 0 Å². The second kappa shape index (κ2) is 11.4. The first-order chi connectivity index (χ1) is 18.9. The van der Waals surface area contributed by atoms with E-state index in [2.05, 4.69) is 15.0 Å². The van der Waals surface area contributed by atoms with E-state index < -0.39 is 22.4 Å². The molecule has 1 amide bonds. The van der Waals surface area contributed by atoms with Gasteiger partial charge < -0.3 is 14.6 Å². The Morgan fingerprint density at radius 2 is 1.75 bits per heavy atom. The topological polar surface area (TPSA) is 137 Å². The van der Waals surface area contributed by atoms with Gasteiger partial charge in [-0.2, -0.15) is 0 Å². The van der Waals surface area contributed by atoms with Crippen molar-refractivity contribution in [3.05, 3.63) is 64.7 Å². The lowest BCUT2D eigenvalue weighted by Crippen LogP contribution is -2.45. The molecule has 1 atom stereocenters. The number of anilines is 1. The molecule has 0 radical (unpaired) electrons. The third-order valence-corrected chi connectivity index (χ3v) is 6.96. The van der Waals surface area contributed by atoms with Crippen LogP contribution in [0.3, 0.4) is 0 Å². The van der Waals surface area contributed by atoms with Crippen LogP contribution in [-0.4, -0.2) is 60.9 Å². The molecule has 0 saturated heterocycles. The van der Waals surface area contributed by atoms with Crippen LogP contribution in [0.15, 0.2) is 58.7 Å². The molecule has 0 bridgehead atoms. The molecular weight excluding hydrogens is 534 g/mol. The van der Waals surface area contributed by atoms with Crippen LogP contribution in [0, 0.1) is 0 Å². The van der Waals surface area contributed by atoms with Crippen molar-refractivity contribution in [2.24, 2.45) is 0 Å². The Morgan fingerprint density at radius 3 is 2.33 bits per heavy atom. The van der Waals surface area contributed by atoms with Gasteiger partial charge in [0.1, 0.15) is 23.0 Å². The van der Waals surface area contributed by atoms with Crippen molar-refractivity contribution in [1.82, 2.24) is 19.5 Å². The summed E-state index contributed by atoms with van der Waals surface area (Å²) in [5, 5.41) is 10.5. The SMILES string of the molecule is COc1cc(OC)cc(-c2cc3cnc(S(C)=O)nc3n(CCc3ccnc(N(C(=O)O)C(C)(C)C)c3)c2=O)c1. The molecule has 1 unspecified atom stereocenters. The van der Waals surface area contributed by atoms with Crippen LogP contribution in [0.2, 0.25) is 0 Å². The molecule has 210 valence electrons. The number of benzene rings is 1. The maximum absolute atomic E-state index is 13.9. The highest BCUT2D eigenvalue weighted by molar-refractivity contribution is 7.84. The van der Waals surface area contributed by atoms with Gasteiger partial charge in [0.2, 0.25) is 5.16 Å². The third kappa shape index (κ3) is 5.96. The molecule has 12 heteroatoms. The predicted octanol–water partition coefficient (Wildman–Crippen LogP) is 4.13. The summed E-state index contributed by atoms with van der Waals surface area (Å²) in [7, 11) is 1.62. The maximum atomic E-state index is 13.9. The molecule has 0 aliphatic heterocycles. The second-order valence-corrected chi connectivity index (χ2v) is 11.3. The van der Waals surface area contributed by atoms with Gasteiger partial charge >= 0.3 is 6.09 Å². The molecule has 4 rings (SSSR count). The largest absolute Gasteiger partial charge is 0.497 e. The summed E-state index contributed by atoms with van der Waals surface area (Å²) in [6, 6.07) is 10.4. The summed E-state index contributed by atoms with van der Waals surface area (Å²) in [5.41, 5.74) is 1.08. The molecule has 0 aliphatic carbocycles. The molecule has 0 spiro atoms. The number of nitrogens with zero attached hydrogens (tertiary/aromatic N) is 5. The molecule has 3 aromatic heterocycles. The van der Waals surface area contributed by atoms with E-state index >= 15 is 0 Å². The van der Waals surface area contributed by atoms with E-state index in [0.29, 0.717) is 40.1 Å². The van der Waals surface area contributed by atoms with E-state index in [9.17, 15) is 18.9 Å². The smallest absolute Gasteiger partial charge is 0.413 e. The number of hydrogen-bond donors (Lipinski definition) is 1. The van der Waals surface area contributed by atoms with E-state index in [0.717, 1.165) is 5.56 Å². The van der Waals surface area contributed by atoms with E-state index in [1.54, 1.807) is 69.6 Å². The molecule has 11 nitrogen and oxygen atoms in total. The number of pyridine rings is 2. The molecule has 0 fully saturated rings. The quantitative estimate of drug-likeness (QED) is 0.313. The van der Waals surface area contributed by atoms with Crippen molar-refractivity contribution in [2.75, 3.05) is 25.4 Å². The molecule has 4 aromatic rings. The zero-order chi connectivity index (χ0) is 29.2. The molecule has 0 aliphatic rings. The molecule has 40 heavy (non-hydrogen) atoms. The van der Waals surface area contributed by atoms with Crippen molar-refractivity contribution in [1.29, 1.82) is 0 Å². The van der Waals surface area contributed by atoms with E-state index in [1.165, 1.54) is 29.9 Å². The highest BCUT2D eigenvalue weighted by Crippen LogP contribution is 2.30. The lowest BCUT2D eigenvalue weighted by atomic mass is 10.0. The van der Waals surface area contributed by atoms with Gasteiger partial charge in [-0.1, -0.05) is 0 Å². The fourth-order valence-electron chi connectivity index (χ4n) is 4.37. The maximum Gasteiger partial charge on any atom is 0.413 e. The first-order valence-electron chi connectivity index (χ1n) is 12.4. The van der Waals surface area contributed by atoms with Crippen molar-refractivity contribution in [3.63, 3.8) is 0 Å². The number of carboxylic acid groups (broad SMARTS) is 1. The van der Waals surface area contributed by atoms with Crippen LogP contribution in [0.1, 0.15) is 26.3 Å². The molecule has 1 aromatic carbocycles. The predicted molar refractivity (Wildman–Crippen MR) is 153 cm³/mol. The number of carbonyl (C=O) groups is 1. The van der Waals surface area contributed by atoms with Crippen LogP contribution in [0.4, 0.5) is 10.6 Å². The minimum atomic E-state index is -1.45. The lowest BCUT2D eigenvalue weighted by molar-refractivity contribution is 0.195. The van der Waals surface area contributed by atoms with Gasteiger partial charge in [0, 0.05) is 47.7 Å². The summed E-state index contributed by atoms with van der Waals surface area (Å²) in [6.07, 6.45) is 3.84. The van der Waals surface area contributed by atoms with Gasteiger partial charge in [-0.25, -0.2) is 19.7 Å². The average molecular weight is 566 g/mol. The van der Waals surface area contributed by atoms with Gasteiger partial charge in [0.25, 0.3) is 5.56 Å². The summed E-state index contributed by atoms with van der Waals surface area (Å²) in [5.74, 6) is 1.34. The minimum Gasteiger partial charge on any atom is -0.497 e. The first-order valence-corrected chi connectivity index (χ1v) is 13.9. The normalized spacial score (nSPS) is 12.2. The number of fused-ring (bicyclic) bond motifs is 1. The number of ether oxygens (including phenoxy) is 2. The van der Waals surface area contributed by atoms with Gasteiger partial charge in [0.15, 0.2) is 0 Å². The molecular formula is C28H31N5O6S. The second-order valence-electron chi connectivity index (χ2n) is 10.1. The Hall–Kier alpha value is -4.32. The van der Waals surface area contributed by atoms with Crippen LogP contribution < -0.4 is 19.9 Å². The molecule has 3 heterocycles. The standard InChI is InChI=1S/C28H31N5O6S/c1-28(2,3)33(27(35)36)23-11-17(7-9-29-23)8-10-32-24-19(16-30-26(31-24)40(6)37)14-22(25(32)34)18-12-20(38-4)15-21(13-18)39-5/h7,9,11-16H,8,10H2,1-6H3,(H,35,36). The Bertz CT molecular complexity index is 1640. The first kappa shape index (κ1) is 28.7. The lowest BCUT2D eigenvalue weighted by Gasteiger charge is -2.32. The summed E-state index contributed by atoms with van der Waals surface area (Å²) in [6.45, 7) is 5.57. The molecule has 0 saturated carbocycles. The molecule has 1 N–H and O–H groups in total. The van der Waals surface area contributed by atoms with Crippen molar-refractivity contribution >= 4 is 33.7 Å². The fraction of sp³-hybridized carbons (Fsp3) is 0.321. The number of aryl methyl sites for hydroxylation is 2. The average Bonchev–Trinajstić information content (AvgIpc) is 2.90. The van der Waals surface area contributed by atoms with Crippen LogP contribution in [0.25, 0.3) is 22.2 Å². The highest BCUT2D eigenvalue weighted by atomic mass is 32.2. The van der Waals surface area contributed by atoms with Crippen molar-refractivity contribution < 1.29 is 23.6 Å². The van der Waals surface area contributed by atoms with Crippen LogP contribution in [-0.2, 0) is 23.8 Å². The van der Waals surface area contributed by atoms with E-state index in [1.807, 2.05) is 0 Å². The summed E-state index contributed by atoms with van der Waals surface area (Å²) < 4.78 is 24.5. The number of hydrogen-bond acceptors (Lipinski definition) is 8. The zero-order valence-electron chi connectivity index (χ0n) is 23.2. The Labute approximate surface area is 233 Å². The number of rotatable bonds is 8. The van der Waals surface area contributed by atoms with Gasteiger partial charge in [-0.3, -0.25) is 18.5 Å². The Balaban J connectivity index is 1.83. The van der Waals surface area contributed by atoms with Gasteiger partial charge in [-0.05, 0) is 68.7 Å².